The number of allylic oxidation sites excluding steroid dienone is 6. The standard InChI is InChI=1S/C20H34O/c1-3-4-5-6-7-8-9-10-11-12-13-14-15-16-17-18-19-20(2)21/h14-19H,3-13H2,1-2H3. The molecular weight excluding hydrogens is 256 g/mol. The number of unbranched alkanes of at least 4 members (excludes halogenated alkanes) is 10. The molecule has 0 aliphatic carbocycles. The zero-order valence-corrected chi connectivity index (χ0v) is 14.2. The first-order chi connectivity index (χ1) is 10.3. The topological polar surface area (TPSA) is 17.1 Å². The van der Waals surface area contributed by atoms with Crippen molar-refractivity contribution in [1.82, 2.24) is 0 Å². The smallest absolute Gasteiger partial charge is 0.152 e. The molecule has 0 bridgehead atoms. The molecular formula is C20H34O. The maximum absolute atomic E-state index is 10.7. The largest absolute Gasteiger partial charge is 0.295 e. The summed E-state index contributed by atoms with van der Waals surface area (Å²) >= 11 is 0. The Kier molecular flexibility index (Phi) is 16.0. The minimum absolute atomic E-state index is 0.0917. The molecule has 1 nitrogen and oxygen atoms in total. The molecule has 0 aliphatic rings. The van der Waals surface area contributed by atoms with Crippen LogP contribution in [0.3, 0.4) is 0 Å². The summed E-state index contributed by atoms with van der Waals surface area (Å²) in [7, 11) is 0. The van der Waals surface area contributed by atoms with E-state index in [1.54, 1.807) is 19.1 Å². The fraction of sp³-hybridized carbons (Fsp3) is 0.650. The quantitative estimate of drug-likeness (QED) is 0.201. The molecule has 0 aromatic heterocycles. The molecule has 0 saturated heterocycles. The first-order valence-corrected chi connectivity index (χ1v) is 8.77. The molecule has 0 aliphatic heterocycles. The molecule has 0 radical (unpaired) electrons. The molecule has 1 heteroatoms. The highest BCUT2D eigenvalue weighted by molar-refractivity contribution is 5.87. The predicted octanol–water partition coefficient (Wildman–Crippen LogP) is 6.56. The van der Waals surface area contributed by atoms with Gasteiger partial charge in [-0.25, -0.2) is 0 Å². The molecule has 0 rings (SSSR count). The van der Waals surface area contributed by atoms with Gasteiger partial charge in [0.15, 0.2) is 5.78 Å². The maximum Gasteiger partial charge on any atom is 0.152 e. The summed E-state index contributed by atoms with van der Waals surface area (Å²) in [6.07, 6.45) is 26.6. The van der Waals surface area contributed by atoms with Crippen molar-refractivity contribution < 1.29 is 4.79 Å². The van der Waals surface area contributed by atoms with Crippen molar-refractivity contribution in [1.29, 1.82) is 0 Å². The molecule has 0 aromatic carbocycles. The Morgan fingerprint density at radius 3 is 1.81 bits per heavy atom. The Hall–Kier alpha value is -1.11. The highest BCUT2D eigenvalue weighted by atomic mass is 16.1. The summed E-state index contributed by atoms with van der Waals surface area (Å²) in [5, 5.41) is 0. The summed E-state index contributed by atoms with van der Waals surface area (Å²) in [5.74, 6) is 0.0917. The van der Waals surface area contributed by atoms with E-state index in [-0.39, 0.29) is 5.78 Å². The zero-order chi connectivity index (χ0) is 15.6. The Morgan fingerprint density at radius 2 is 1.24 bits per heavy atom. The van der Waals surface area contributed by atoms with Gasteiger partial charge in [0.1, 0.15) is 0 Å². The molecule has 0 aromatic rings. The molecule has 120 valence electrons. The SMILES string of the molecule is CCCCCCCCCCCCC=CC=CC=CC(C)=O. The van der Waals surface area contributed by atoms with Crippen LogP contribution in [-0.4, -0.2) is 5.78 Å². The number of carbonyl (C=O) groups excluding carboxylic acids is 1. The number of ketones is 1. The fourth-order valence-corrected chi connectivity index (χ4v) is 2.24. The second kappa shape index (κ2) is 16.9. The number of hydrogen-bond acceptors (Lipinski definition) is 1. The lowest BCUT2D eigenvalue weighted by atomic mass is 10.1. The average molecular weight is 290 g/mol. The lowest BCUT2D eigenvalue weighted by molar-refractivity contribution is -0.112. The van der Waals surface area contributed by atoms with Gasteiger partial charge in [0.05, 0.1) is 0 Å². The van der Waals surface area contributed by atoms with Gasteiger partial charge in [0.25, 0.3) is 0 Å². The third-order valence-corrected chi connectivity index (χ3v) is 3.52. The summed E-state index contributed by atoms with van der Waals surface area (Å²) in [6, 6.07) is 0. The van der Waals surface area contributed by atoms with Crippen LogP contribution in [0.1, 0.15) is 84.5 Å². The van der Waals surface area contributed by atoms with Crippen molar-refractivity contribution >= 4 is 5.78 Å². The summed E-state index contributed by atoms with van der Waals surface area (Å²) < 4.78 is 0. The van der Waals surface area contributed by atoms with Crippen molar-refractivity contribution in [2.75, 3.05) is 0 Å². The Morgan fingerprint density at radius 1 is 0.714 bits per heavy atom. The highest BCUT2D eigenvalue weighted by Gasteiger charge is 1.91. The molecule has 0 saturated carbocycles. The first-order valence-electron chi connectivity index (χ1n) is 8.77. The minimum Gasteiger partial charge on any atom is -0.295 e. The summed E-state index contributed by atoms with van der Waals surface area (Å²) in [5.41, 5.74) is 0. The van der Waals surface area contributed by atoms with Crippen molar-refractivity contribution in [3.05, 3.63) is 36.5 Å². The maximum atomic E-state index is 10.7. The van der Waals surface area contributed by atoms with Crippen LogP contribution >= 0.6 is 0 Å². The zero-order valence-electron chi connectivity index (χ0n) is 14.2. The third-order valence-electron chi connectivity index (χ3n) is 3.52. The molecule has 0 fully saturated rings. The second-order valence-corrected chi connectivity index (χ2v) is 5.75. The molecule has 0 unspecified atom stereocenters. The number of rotatable bonds is 14. The summed E-state index contributed by atoms with van der Waals surface area (Å²) in [6.45, 7) is 3.83. The van der Waals surface area contributed by atoms with Crippen molar-refractivity contribution in [2.24, 2.45) is 0 Å². The molecule has 21 heavy (non-hydrogen) atoms. The van der Waals surface area contributed by atoms with Gasteiger partial charge in [-0.3, -0.25) is 4.79 Å². The molecule has 0 amide bonds. The van der Waals surface area contributed by atoms with Crippen LogP contribution in [0.4, 0.5) is 0 Å². The van der Waals surface area contributed by atoms with Gasteiger partial charge < -0.3 is 0 Å². The number of carbonyl (C=O) groups is 1. The van der Waals surface area contributed by atoms with E-state index in [0.717, 1.165) is 6.42 Å². The first kappa shape index (κ1) is 19.9. The van der Waals surface area contributed by atoms with Crippen LogP contribution in [0, 0.1) is 0 Å². The van der Waals surface area contributed by atoms with E-state index in [9.17, 15) is 4.79 Å². The highest BCUT2D eigenvalue weighted by Crippen LogP contribution is 2.11. The van der Waals surface area contributed by atoms with Gasteiger partial charge in [-0.2, -0.15) is 0 Å². The van der Waals surface area contributed by atoms with Gasteiger partial charge >= 0.3 is 0 Å². The van der Waals surface area contributed by atoms with Crippen LogP contribution in [0.5, 0.6) is 0 Å². The fourth-order valence-electron chi connectivity index (χ4n) is 2.24. The minimum atomic E-state index is 0.0917. The predicted molar refractivity (Wildman–Crippen MR) is 94.6 cm³/mol. The Balaban J connectivity index is 3.23. The average Bonchev–Trinajstić information content (AvgIpc) is 2.46. The molecule has 0 heterocycles. The van der Waals surface area contributed by atoms with E-state index in [1.165, 1.54) is 64.2 Å². The number of hydrogen-bond donors (Lipinski definition) is 0. The van der Waals surface area contributed by atoms with E-state index in [4.69, 9.17) is 0 Å². The van der Waals surface area contributed by atoms with Gasteiger partial charge in [0.2, 0.25) is 0 Å². The summed E-state index contributed by atoms with van der Waals surface area (Å²) in [4.78, 5) is 10.7. The van der Waals surface area contributed by atoms with Crippen LogP contribution in [0.15, 0.2) is 36.5 Å². The van der Waals surface area contributed by atoms with Crippen LogP contribution in [0.2, 0.25) is 0 Å². The van der Waals surface area contributed by atoms with E-state index in [0.29, 0.717) is 0 Å². The molecule has 0 N–H and O–H groups in total. The van der Waals surface area contributed by atoms with E-state index in [1.807, 2.05) is 12.2 Å². The van der Waals surface area contributed by atoms with Crippen molar-refractivity contribution in [3.63, 3.8) is 0 Å². The van der Waals surface area contributed by atoms with Crippen LogP contribution in [0.25, 0.3) is 0 Å². The van der Waals surface area contributed by atoms with Crippen molar-refractivity contribution in [2.45, 2.75) is 84.5 Å². The van der Waals surface area contributed by atoms with Gasteiger partial charge in [0, 0.05) is 0 Å². The van der Waals surface area contributed by atoms with Gasteiger partial charge in [-0.1, -0.05) is 95.1 Å². The second-order valence-electron chi connectivity index (χ2n) is 5.75. The van der Waals surface area contributed by atoms with Crippen molar-refractivity contribution in [3.8, 4) is 0 Å². The van der Waals surface area contributed by atoms with E-state index in [2.05, 4.69) is 19.1 Å². The van der Waals surface area contributed by atoms with E-state index < -0.39 is 0 Å². The molecule has 0 atom stereocenters. The Labute approximate surface area is 132 Å². The third kappa shape index (κ3) is 18.9. The van der Waals surface area contributed by atoms with E-state index >= 15 is 0 Å². The van der Waals surface area contributed by atoms with Crippen LogP contribution < -0.4 is 0 Å². The van der Waals surface area contributed by atoms with Gasteiger partial charge in [-0.05, 0) is 25.8 Å². The van der Waals surface area contributed by atoms with Crippen LogP contribution in [-0.2, 0) is 4.79 Å². The Bertz CT molecular complexity index is 310. The normalized spacial score (nSPS) is 12.1. The lowest BCUT2D eigenvalue weighted by Gasteiger charge is -2.01. The molecule has 0 spiro atoms. The van der Waals surface area contributed by atoms with Gasteiger partial charge in [-0.15, -0.1) is 0 Å². The monoisotopic (exact) mass is 290 g/mol. The lowest BCUT2D eigenvalue weighted by Crippen LogP contribution is -1.81.